The Balaban J connectivity index is 2.09. The number of ether oxygens (including phenoxy) is 1. The molecule has 0 aliphatic carbocycles. The van der Waals surface area contributed by atoms with Gasteiger partial charge in [-0.1, -0.05) is 45.0 Å². The zero-order valence-corrected chi connectivity index (χ0v) is 13.3. The highest BCUT2D eigenvalue weighted by molar-refractivity contribution is 5.72. The fraction of sp³-hybridized carbons (Fsp3) is 0.588. The molecule has 4 heteroatoms. The predicted molar refractivity (Wildman–Crippen MR) is 82.5 cm³/mol. The van der Waals surface area contributed by atoms with Crippen molar-refractivity contribution in [1.29, 1.82) is 0 Å². The van der Waals surface area contributed by atoms with Crippen molar-refractivity contribution in [1.82, 2.24) is 4.90 Å². The molecule has 0 bridgehead atoms. The summed E-state index contributed by atoms with van der Waals surface area (Å²) in [6.07, 6.45) is -0.713. The molecular formula is C17H25NO3. The number of hydrogen-bond donors (Lipinski definition) is 1. The van der Waals surface area contributed by atoms with E-state index < -0.39 is 12.1 Å². The lowest BCUT2D eigenvalue weighted by Gasteiger charge is -2.35. The van der Waals surface area contributed by atoms with Crippen LogP contribution in [-0.4, -0.2) is 41.8 Å². The molecule has 1 aliphatic heterocycles. The van der Waals surface area contributed by atoms with Crippen LogP contribution >= 0.6 is 0 Å². The van der Waals surface area contributed by atoms with Crippen molar-refractivity contribution >= 4 is 5.97 Å². The Morgan fingerprint density at radius 2 is 1.95 bits per heavy atom. The minimum Gasteiger partial charge on any atom is -0.479 e. The normalized spacial score (nSPS) is 22.0. The predicted octanol–water partition coefficient (Wildman–Crippen LogP) is 2.83. The van der Waals surface area contributed by atoms with E-state index in [0.29, 0.717) is 13.2 Å². The highest BCUT2D eigenvalue weighted by Gasteiger charge is 2.29. The molecule has 1 aliphatic rings. The van der Waals surface area contributed by atoms with Gasteiger partial charge in [-0.2, -0.15) is 0 Å². The summed E-state index contributed by atoms with van der Waals surface area (Å²) in [5.41, 5.74) is 2.67. The molecule has 1 fully saturated rings. The van der Waals surface area contributed by atoms with Gasteiger partial charge in [0.05, 0.1) is 6.61 Å². The highest BCUT2D eigenvalue weighted by Crippen LogP contribution is 2.27. The summed E-state index contributed by atoms with van der Waals surface area (Å²) in [5, 5.41) is 9.08. The van der Waals surface area contributed by atoms with Crippen LogP contribution in [0.15, 0.2) is 24.3 Å². The Labute approximate surface area is 126 Å². The van der Waals surface area contributed by atoms with Gasteiger partial charge in [-0.25, -0.2) is 4.79 Å². The first-order chi connectivity index (χ1) is 9.79. The average Bonchev–Trinajstić information content (AvgIpc) is 2.46. The van der Waals surface area contributed by atoms with Gasteiger partial charge in [0.25, 0.3) is 0 Å². The van der Waals surface area contributed by atoms with E-state index in [1.54, 1.807) is 0 Å². The topological polar surface area (TPSA) is 49.8 Å². The van der Waals surface area contributed by atoms with Gasteiger partial charge in [0.1, 0.15) is 0 Å². The summed E-state index contributed by atoms with van der Waals surface area (Å²) in [5.74, 6) is -0.880. The Kier molecular flexibility index (Phi) is 4.69. The third-order valence-corrected chi connectivity index (χ3v) is 4.18. The quantitative estimate of drug-likeness (QED) is 0.930. The van der Waals surface area contributed by atoms with Crippen LogP contribution in [0.1, 0.15) is 44.9 Å². The van der Waals surface area contributed by atoms with Gasteiger partial charge in [-0.05, 0) is 23.5 Å². The molecule has 0 saturated carbocycles. The maximum Gasteiger partial charge on any atom is 0.334 e. The van der Waals surface area contributed by atoms with Gasteiger partial charge in [-0.3, -0.25) is 4.90 Å². The van der Waals surface area contributed by atoms with E-state index in [1.807, 2.05) is 0 Å². The second-order valence-electron chi connectivity index (χ2n) is 6.74. The molecule has 1 N–H and O–H groups in total. The number of hydrogen-bond acceptors (Lipinski definition) is 3. The SMILES string of the molecule is C[C@@H](c1ccc(C(C)(C)C)cc1)N1CCO[C@H](C(=O)O)C1. The van der Waals surface area contributed by atoms with Crippen LogP contribution < -0.4 is 0 Å². The van der Waals surface area contributed by atoms with E-state index in [0.717, 1.165) is 6.54 Å². The van der Waals surface area contributed by atoms with Crippen LogP contribution in [0.25, 0.3) is 0 Å². The molecular weight excluding hydrogens is 266 g/mol. The number of aliphatic carboxylic acids is 1. The Morgan fingerprint density at radius 1 is 1.33 bits per heavy atom. The summed E-state index contributed by atoms with van der Waals surface area (Å²) in [7, 11) is 0. The summed E-state index contributed by atoms with van der Waals surface area (Å²) in [4.78, 5) is 13.2. The van der Waals surface area contributed by atoms with Crippen molar-refractivity contribution in [2.75, 3.05) is 19.7 Å². The maximum atomic E-state index is 11.1. The molecule has 116 valence electrons. The van der Waals surface area contributed by atoms with Crippen molar-refractivity contribution in [2.24, 2.45) is 0 Å². The molecule has 4 nitrogen and oxygen atoms in total. The lowest BCUT2D eigenvalue weighted by Crippen LogP contribution is -2.46. The van der Waals surface area contributed by atoms with Crippen LogP contribution in [0, 0.1) is 0 Å². The first-order valence-corrected chi connectivity index (χ1v) is 7.48. The molecule has 1 aromatic rings. The highest BCUT2D eigenvalue weighted by atomic mass is 16.5. The van der Waals surface area contributed by atoms with E-state index in [4.69, 9.17) is 9.84 Å². The maximum absolute atomic E-state index is 11.1. The fourth-order valence-electron chi connectivity index (χ4n) is 2.64. The Morgan fingerprint density at radius 3 is 2.48 bits per heavy atom. The largest absolute Gasteiger partial charge is 0.479 e. The minimum absolute atomic E-state index is 0.148. The number of carboxylic acids is 1. The van der Waals surface area contributed by atoms with E-state index >= 15 is 0 Å². The zero-order chi connectivity index (χ0) is 15.6. The van der Waals surface area contributed by atoms with Gasteiger partial charge < -0.3 is 9.84 Å². The van der Waals surface area contributed by atoms with Crippen molar-refractivity contribution in [3.8, 4) is 0 Å². The van der Waals surface area contributed by atoms with Gasteiger partial charge in [0, 0.05) is 19.1 Å². The summed E-state index contributed by atoms with van der Waals surface area (Å²) < 4.78 is 5.28. The number of benzene rings is 1. The van der Waals surface area contributed by atoms with E-state index in [-0.39, 0.29) is 11.5 Å². The summed E-state index contributed by atoms with van der Waals surface area (Å²) >= 11 is 0. The molecule has 0 unspecified atom stereocenters. The summed E-state index contributed by atoms with van der Waals surface area (Å²) in [6, 6.07) is 8.83. The molecule has 0 radical (unpaired) electrons. The first-order valence-electron chi connectivity index (χ1n) is 7.48. The minimum atomic E-state index is -0.880. The smallest absolute Gasteiger partial charge is 0.334 e. The van der Waals surface area contributed by atoms with Crippen LogP contribution in [-0.2, 0) is 14.9 Å². The first kappa shape index (κ1) is 16.0. The molecule has 1 saturated heterocycles. The van der Waals surface area contributed by atoms with Crippen molar-refractivity contribution in [3.63, 3.8) is 0 Å². The van der Waals surface area contributed by atoms with Gasteiger partial charge in [-0.15, -0.1) is 0 Å². The zero-order valence-electron chi connectivity index (χ0n) is 13.3. The summed E-state index contributed by atoms with van der Waals surface area (Å²) in [6.45, 7) is 10.4. The van der Waals surface area contributed by atoms with Gasteiger partial charge >= 0.3 is 5.97 Å². The molecule has 0 spiro atoms. The van der Waals surface area contributed by atoms with Gasteiger partial charge in [0.2, 0.25) is 0 Å². The molecule has 21 heavy (non-hydrogen) atoms. The number of carboxylic acid groups (broad SMARTS) is 1. The van der Waals surface area contributed by atoms with Crippen LogP contribution in [0.3, 0.4) is 0 Å². The Bertz CT molecular complexity index is 490. The molecule has 0 amide bonds. The lowest BCUT2D eigenvalue weighted by molar-refractivity contribution is -0.157. The van der Waals surface area contributed by atoms with Crippen molar-refractivity contribution in [3.05, 3.63) is 35.4 Å². The standard InChI is InChI=1S/C17H25NO3/c1-12(18-9-10-21-15(11-18)16(19)20)13-5-7-14(8-6-13)17(2,3)4/h5-8,12,15H,9-11H2,1-4H3,(H,19,20)/t12-,15-/m0/s1. The molecule has 2 rings (SSSR count). The molecule has 0 aromatic heterocycles. The molecule has 2 atom stereocenters. The van der Waals surface area contributed by atoms with E-state index in [9.17, 15) is 4.79 Å². The third kappa shape index (κ3) is 3.83. The van der Waals surface area contributed by atoms with Crippen LogP contribution in [0.4, 0.5) is 0 Å². The number of nitrogens with zero attached hydrogens (tertiary/aromatic N) is 1. The second-order valence-corrected chi connectivity index (χ2v) is 6.74. The van der Waals surface area contributed by atoms with Crippen LogP contribution in [0.5, 0.6) is 0 Å². The number of rotatable bonds is 3. The van der Waals surface area contributed by atoms with Crippen molar-refractivity contribution < 1.29 is 14.6 Å². The number of morpholine rings is 1. The fourth-order valence-corrected chi connectivity index (χ4v) is 2.64. The second kappa shape index (κ2) is 6.16. The van der Waals surface area contributed by atoms with Crippen molar-refractivity contribution in [2.45, 2.75) is 45.3 Å². The molecule has 1 heterocycles. The van der Waals surface area contributed by atoms with Crippen LogP contribution in [0.2, 0.25) is 0 Å². The average molecular weight is 291 g/mol. The number of carbonyl (C=O) groups is 1. The van der Waals surface area contributed by atoms with E-state index in [1.165, 1.54) is 11.1 Å². The monoisotopic (exact) mass is 291 g/mol. The van der Waals surface area contributed by atoms with Gasteiger partial charge in [0.15, 0.2) is 6.10 Å². The third-order valence-electron chi connectivity index (χ3n) is 4.18. The Hall–Kier alpha value is -1.39. The van der Waals surface area contributed by atoms with E-state index in [2.05, 4.69) is 56.9 Å². The molecule has 1 aromatic carbocycles. The lowest BCUT2D eigenvalue weighted by atomic mass is 9.86.